The normalized spacial score (nSPS) is 13.9. The highest BCUT2D eigenvalue weighted by Gasteiger charge is 2.30. The van der Waals surface area contributed by atoms with Crippen molar-refractivity contribution in [3.8, 4) is 11.3 Å². The molecule has 0 saturated carbocycles. The molecular weight excluding hydrogens is 477 g/mol. The molecule has 3 aromatic rings. The molecule has 4 rings (SSSR count). The molecule has 0 radical (unpaired) electrons. The highest BCUT2D eigenvalue weighted by atomic mass is 19.4. The van der Waals surface area contributed by atoms with Gasteiger partial charge >= 0.3 is 6.18 Å². The molecule has 1 fully saturated rings. The Hall–Kier alpha value is -4.15. The quantitative estimate of drug-likeness (QED) is 0.349. The molecule has 1 aliphatic rings. The SMILES string of the molecule is O=C([O-])N(Cc1cccc(C(F)(F)F)c1)c1ccnc(-c2cc(N3CCCCC3)ccc2[N+](=O)[O-])c1. The number of piperidine rings is 1. The van der Waals surface area contributed by atoms with Gasteiger partial charge in [0.2, 0.25) is 0 Å². The van der Waals surface area contributed by atoms with E-state index in [4.69, 9.17) is 0 Å². The monoisotopic (exact) mass is 499 g/mol. The third kappa shape index (κ3) is 5.56. The van der Waals surface area contributed by atoms with Gasteiger partial charge in [-0.2, -0.15) is 13.2 Å². The summed E-state index contributed by atoms with van der Waals surface area (Å²) in [7, 11) is 0. The Balaban J connectivity index is 1.71. The summed E-state index contributed by atoms with van der Waals surface area (Å²) in [6.45, 7) is 1.23. The molecule has 11 heteroatoms. The van der Waals surface area contributed by atoms with Crippen molar-refractivity contribution in [2.24, 2.45) is 0 Å². The third-order valence-electron chi connectivity index (χ3n) is 6.04. The number of carbonyl (C=O) groups is 1. The Labute approximate surface area is 204 Å². The van der Waals surface area contributed by atoms with Gasteiger partial charge in [-0.3, -0.25) is 15.1 Å². The maximum Gasteiger partial charge on any atom is 0.416 e. The molecule has 36 heavy (non-hydrogen) atoms. The maximum absolute atomic E-state index is 13.1. The number of amides is 1. The van der Waals surface area contributed by atoms with E-state index in [1.54, 1.807) is 12.1 Å². The Morgan fingerprint density at radius 3 is 2.47 bits per heavy atom. The van der Waals surface area contributed by atoms with E-state index in [9.17, 15) is 33.2 Å². The summed E-state index contributed by atoms with van der Waals surface area (Å²) in [6, 6.07) is 11.8. The number of nitrogens with zero attached hydrogens (tertiary/aromatic N) is 4. The van der Waals surface area contributed by atoms with Crippen LogP contribution in [0.4, 0.5) is 35.0 Å². The van der Waals surface area contributed by atoms with Gasteiger partial charge in [-0.05, 0) is 61.2 Å². The molecule has 1 saturated heterocycles. The van der Waals surface area contributed by atoms with Gasteiger partial charge in [-0.15, -0.1) is 0 Å². The fourth-order valence-corrected chi connectivity index (χ4v) is 4.26. The lowest BCUT2D eigenvalue weighted by molar-refractivity contribution is -0.384. The molecule has 188 valence electrons. The molecule has 0 atom stereocenters. The number of aromatic nitrogens is 1. The van der Waals surface area contributed by atoms with Crippen LogP contribution in [0.15, 0.2) is 60.8 Å². The summed E-state index contributed by atoms with van der Waals surface area (Å²) in [4.78, 5) is 30.2. The number of hydrogen-bond donors (Lipinski definition) is 0. The number of carbonyl (C=O) groups excluding carboxylic acids is 1. The summed E-state index contributed by atoms with van der Waals surface area (Å²) < 4.78 is 39.3. The summed E-state index contributed by atoms with van der Waals surface area (Å²) in [5.74, 6) is 0. The van der Waals surface area contributed by atoms with Crippen molar-refractivity contribution in [2.75, 3.05) is 22.9 Å². The number of halogens is 3. The predicted molar refractivity (Wildman–Crippen MR) is 125 cm³/mol. The van der Waals surface area contributed by atoms with Crippen LogP contribution in [0.1, 0.15) is 30.4 Å². The van der Waals surface area contributed by atoms with Crippen LogP contribution < -0.4 is 14.9 Å². The lowest BCUT2D eigenvalue weighted by Gasteiger charge is -2.29. The second kappa shape index (κ2) is 10.2. The second-order valence-corrected chi connectivity index (χ2v) is 8.46. The van der Waals surface area contributed by atoms with Crippen molar-refractivity contribution in [3.63, 3.8) is 0 Å². The predicted octanol–water partition coefficient (Wildman–Crippen LogP) is 5.02. The van der Waals surface area contributed by atoms with Crippen LogP contribution in [0.25, 0.3) is 11.3 Å². The van der Waals surface area contributed by atoms with Gasteiger partial charge in [-0.25, -0.2) is 0 Å². The van der Waals surface area contributed by atoms with Crippen LogP contribution in [0, 0.1) is 10.1 Å². The van der Waals surface area contributed by atoms with Crippen LogP contribution >= 0.6 is 0 Å². The highest BCUT2D eigenvalue weighted by molar-refractivity contribution is 5.86. The van der Waals surface area contributed by atoms with Crippen molar-refractivity contribution in [2.45, 2.75) is 32.0 Å². The van der Waals surface area contributed by atoms with Crippen molar-refractivity contribution in [3.05, 3.63) is 82.0 Å². The van der Waals surface area contributed by atoms with Crippen LogP contribution in [-0.2, 0) is 12.7 Å². The first-order valence-electron chi connectivity index (χ1n) is 11.3. The maximum atomic E-state index is 13.1. The molecule has 1 aliphatic heterocycles. The number of hydrogen-bond acceptors (Lipinski definition) is 6. The molecule has 2 aromatic carbocycles. The van der Waals surface area contributed by atoms with Gasteiger partial charge in [0.15, 0.2) is 0 Å². The van der Waals surface area contributed by atoms with Gasteiger partial charge < -0.3 is 19.7 Å². The topological polar surface area (TPSA) is 103 Å². The van der Waals surface area contributed by atoms with E-state index in [2.05, 4.69) is 9.88 Å². The largest absolute Gasteiger partial charge is 0.530 e. The smallest absolute Gasteiger partial charge is 0.416 e. The molecule has 1 amide bonds. The number of pyridine rings is 1. The first kappa shape index (κ1) is 25.0. The number of rotatable bonds is 6. The van der Waals surface area contributed by atoms with E-state index in [0.29, 0.717) is 0 Å². The van der Waals surface area contributed by atoms with Crippen molar-refractivity contribution < 1.29 is 28.0 Å². The van der Waals surface area contributed by atoms with Gasteiger partial charge in [0.05, 0.1) is 21.7 Å². The fourth-order valence-electron chi connectivity index (χ4n) is 4.26. The van der Waals surface area contributed by atoms with E-state index in [0.717, 1.165) is 55.1 Å². The number of alkyl halides is 3. The average Bonchev–Trinajstić information content (AvgIpc) is 2.87. The van der Waals surface area contributed by atoms with Gasteiger partial charge in [0.1, 0.15) is 6.09 Å². The lowest BCUT2D eigenvalue weighted by atomic mass is 10.0. The number of nitro groups is 1. The van der Waals surface area contributed by atoms with Crippen molar-refractivity contribution >= 4 is 23.2 Å². The third-order valence-corrected chi connectivity index (χ3v) is 6.04. The molecule has 0 N–H and O–H groups in total. The molecule has 0 unspecified atom stereocenters. The van der Waals surface area contributed by atoms with E-state index in [1.165, 1.54) is 36.5 Å². The van der Waals surface area contributed by atoms with E-state index in [1.807, 2.05) is 0 Å². The van der Waals surface area contributed by atoms with E-state index >= 15 is 0 Å². The molecule has 0 bridgehead atoms. The van der Waals surface area contributed by atoms with Gasteiger partial charge in [0, 0.05) is 43.3 Å². The van der Waals surface area contributed by atoms with E-state index in [-0.39, 0.29) is 28.2 Å². The Morgan fingerprint density at radius 2 is 1.81 bits per heavy atom. The van der Waals surface area contributed by atoms with Crippen LogP contribution in [0.3, 0.4) is 0 Å². The van der Waals surface area contributed by atoms with Gasteiger partial charge in [-0.1, -0.05) is 12.1 Å². The number of carboxylic acid groups (broad SMARTS) is 1. The zero-order valence-electron chi connectivity index (χ0n) is 19.1. The number of benzene rings is 2. The minimum absolute atomic E-state index is 0.0649. The first-order valence-corrected chi connectivity index (χ1v) is 11.3. The molecule has 2 heterocycles. The summed E-state index contributed by atoms with van der Waals surface area (Å²) in [5.41, 5.74) is 0.233. The number of nitro benzene ring substituents is 1. The lowest BCUT2D eigenvalue weighted by Crippen LogP contribution is -2.41. The summed E-state index contributed by atoms with van der Waals surface area (Å²) in [5, 5.41) is 23.6. The minimum Gasteiger partial charge on any atom is -0.530 e. The van der Waals surface area contributed by atoms with Crippen LogP contribution in [0.5, 0.6) is 0 Å². The van der Waals surface area contributed by atoms with Gasteiger partial charge in [0.25, 0.3) is 5.69 Å². The van der Waals surface area contributed by atoms with Crippen LogP contribution in [0.2, 0.25) is 0 Å². The van der Waals surface area contributed by atoms with E-state index < -0.39 is 29.3 Å². The Bertz CT molecular complexity index is 1280. The molecule has 0 aliphatic carbocycles. The molecule has 1 aromatic heterocycles. The number of anilines is 2. The zero-order chi connectivity index (χ0) is 25.9. The Kier molecular flexibility index (Phi) is 7.09. The van der Waals surface area contributed by atoms with Crippen molar-refractivity contribution in [1.82, 2.24) is 4.98 Å². The minimum atomic E-state index is -4.58. The Morgan fingerprint density at radius 1 is 1.06 bits per heavy atom. The van der Waals surface area contributed by atoms with Crippen LogP contribution in [-0.4, -0.2) is 29.1 Å². The second-order valence-electron chi connectivity index (χ2n) is 8.46. The summed E-state index contributed by atoms with van der Waals surface area (Å²) in [6.07, 6.45) is -1.78. The molecule has 8 nitrogen and oxygen atoms in total. The first-order chi connectivity index (χ1) is 17.1. The zero-order valence-corrected chi connectivity index (χ0v) is 19.1. The fraction of sp³-hybridized carbons (Fsp3) is 0.280. The molecule has 0 spiro atoms. The van der Waals surface area contributed by atoms with Crippen molar-refractivity contribution in [1.29, 1.82) is 0 Å². The summed E-state index contributed by atoms with van der Waals surface area (Å²) >= 11 is 0. The molecular formula is C25H22F3N4O4-. The highest BCUT2D eigenvalue weighted by Crippen LogP contribution is 2.35. The standard InChI is InChI=1S/C25H23F3N4O4/c26-25(27,28)18-6-4-5-17(13-18)16-31(24(33)34)20-9-10-29-22(15-20)21-14-19(7-8-23(21)32(35)36)30-11-2-1-3-12-30/h4-10,13-15H,1-3,11-12,16H2,(H,33,34)/p-1. The average molecular weight is 499 g/mol.